The summed E-state index contributed by atoms with van der Waals surface area (Å²) in [6.45, 7) is 2.77. The van der Waals surface area contributed by atoms with Crippen LogP contribution < -0.4 is 37.1 Å². The standard InChI is InChI=1S/C10H15NO2.C9H13NO.C8H10BrN.C8H10ClN/c1-12-9-4-3-8(5-6-11)7-10(9)13-2;1-11-9-4-2-8(3-5-9)6-7-10;2*9-8-3-1-7(2-4-8)5-6-10/h3-4,7H,5-6,11H2,1-2H3;2-5H,6-7,10H2,1H3;2*1-4H,5-6,10H2. The van der Waals surface area contributed by atoms with E-state index in [1.807, 2.05) is 78.9 Å². The summed E-state index contributed by atoms with van der Waals surface area (Å²) in [5, 5.41) is 0.778. The number of hydrogen-bond donors (Lipinski definition) is 4. The molecular formula is C35H48BrClN4O3. The first-order chi connectivity index (χ1) is 21.3. The minimum atomic E-state index is 0.648. The van der Waals surface area contributed by atoms with E-state index in [1.165, 1.54) is 22.3 Å². The van der Waals surface area contributed by atoms with Crippen molar-refractivity contribution in [1.82, 2.24) is 0 Å². The molecule has 4 aromatic rings. The SMILES string of the molecule is COc1ccc(CCN)cc1.COc1ccc(CCN)cc1OC.NCCc1ccc(Br)cc1.NCCc1ccc(Cl)cc1. The third-order valence-electron chi connectivity index (χ3n) is 6.17. The molecule has 0 aromatic heterocycles. The molecule has 0 amide bonds. The average Bonchev–Trinajstić information content (AvgIpc) is 3.05. The highest BCUT2D eigenvalue weighted by Gasteiger charge is 2.03. The molecule has 0 aliphatic carbocycles. The molecule has 9 heteroatoms. The molecule has 0 aliphatic heterocycles. The van der Waals surface area contributed by atoms with Gasteiger partial charge in [-0.3, -0.25) is 0 Å². The van der Waals surface area contributed by atoms with Crippen molar-refractivity contribution in [3.05, 3.63) is 123 Å². The van der Waals surface area contributed by atoms with Crippen molar-refractivity contribution < 1.29 is 14.2 Å². The Labute approximate surface area is 277 Å². The molecular weight excluding hydrogens is 640 g/mol. The Morgan fingerprint density at radius 3 is 1.30 bits per heavy atom. The van der Waals surface area contributed by atoms with Crippen LogP contribution in [-0.4, -0.2) is 47.5 Å². The zero-order valence-electron chi connectivity index (χ0n) is 26.1. The summed E-state index contributed by atoms with van der Waals surface area (Å²) in [7, 11) is 4.92. The first-order valence-corrected chi connectivity index (χ1v) is 15.6. The number of benzene rings is 4. The normalized spacial score (nSPS) is 9.75. The molecule has 0 atom stereocenters. The Hall–Kier alpha value is -3.11. The maximum atomic E-state index is 5.68. The lowest BCUT2D eigenvalue weighted by Gasteiger charge is -2.08. The zero-order valence-corrected chi connectivity index (χ0v) is 28.4. The van der Waals surface area contributed by atoms with Crippen LogP contribution in [0.15, 0.2) is 95.5 Å². The lowest BCUT2D eigenvalue weighted by molar-refractivity contribution is 0.354. The van der Waals surface area contributed by atoms with Gasteiger partial charge in [-0.05, 0) is 123 Å². The third-order valence-corrected chi connectivity index (χ3v) is 6.95. The molecule has 0 saturated heterocycles. The minimum absolute atomic E-state index is 0.648. The molecule has 0 unspecified atom stereocenters. The zero-order chi connectivity index (χ0) is 32.6. The van der Waals surface area contributed by atoms with E-state index in [0.717, 1.165) is 59.0 Å². The molecule has 0 saturated carbocycles. The number of methoxy groups -OCH3 is 3. The van der Waals surface area contributed by atoms with Crippen molar-refractivity contribution in [3.8, 4) is 17.2 Å². The van der Waals surface area contributed by atoms with Gasteiger partial charge in [0.05, 0.1) is 21.3 Å². The maximum absolute atomic E-state index is 5.68. The average molecular weight is 688 g/mol. The fraction of sp³-hybridized carbons (Fsp3) is 0.314. The van der Waals surface area contributed by atoms with Crippen LogP contribution in [0, 0.1) is 0 Å². The van der Waals surface area contributed by atoms with Gasteiger partial charge in [-0.1, -0.05) is 70.0 Å². The van der Waals surface area contributed by atoms with Crippen molar-refractivity contribution in [2.24, 2.45) is 22.9 Å². The van der Waals surface area contributed by atoms with Gasteiger partial charge in [0, 0.05) is 9.50 Å². The van der Waals surface area contributed by atoms with Gasteiger partial charge >= 0.3 is 0 Å². The highest BCUT2D eigenvalue weighted by atomic mass is 79.9. The molecule has 0 bridgehead atoms. The van der Waals surface area contributed by atoms with Gasteiger partial charge in [0.1, 0.15) is 5.75 Å². The largest absolute Gasteiger partial charge is 0.497 e. The Morgan fingerprint density at radius 1 is 0.500 bits per heavy atom. The predicted octanol–water partition coefficient (Wildman–Crippen LogP) is 6.19. The molecule has 44 heavy (non-hydrogen) atoms. The van der Waals surface area contributed by atoms with E-state index in [1.54, 1.807) is 21.3 Å². The second-order valence-corrected chi connectivity index (χ2v) is 10.8. The lowest BCUT2D eigenvalue weighted by Crippen LogP contribution is -2.03. The van der Waals surface area contributed by atoms with Crippen LogP contribution in [0.4, 0.5) is 0 Å². The molecule has 4 aromatic carbocycles. The monoisotopic (exact) mass is 686 g/mol. The van der Waals surface area contributed by atoms with Gasteiger partial charge in [-0.2, -0.15) is 0 Å². The molecule has 0 fully saturated rings. The van der Waals surface area contributed by atoms with Crippen molar-refractivity contribution in [2.45, 2.75) is 25.7 Å². The smallest absolute Gasteiger partial charge is 0.160 e. The number of nitrogens with two attached hydrogens (primary N) is 4. The lowest BCUT2D eigenvalue weighted by atomic mass is 10.1. The second kappa shape index (κ2) is 24.2. The molecule has 0 heterocycles. The van der Waals surface area contributed by atoms with E-state index in [4.69, 9.17) is 48.7 Å². The Kier molecular flexibility index (Phi) is 21.4. The number of ether oxygens (including phenoxy) is 3. The number of halogens is 2. The van der Waals surface area contributed by atoms with Gasteiger partial charge in [-0.25, -0.2) is 0 Å². The van der Waals surface area contributed by atoms with Gasteiger partial charge in [0.2, 0.25) is 0 Å². The molecule has 0 spiro atoms. The topological polar surface area (TPSA) is 132 Å². The summed E-state index contributed by atoms with van der Waals surface area (Å²) >= 11 is 9.05. The number of rotatable bonds is 11. The van der Waals surface area contributed by atoms with Crippen molar-refractivity contribution in [1.29, 1.82) is 0 Å². The summed E-state index contributed by atoms with van der Waals surface area (Å²) in [5.41, 5.74) is 26.6. The highest BCUT2D eigenvalue weighted by molar-refractivity contribution is 9.10. The van der Waals surface area contributed by atoms with E-state index in [2.05, 4.69) is 28.1 Å². The predicted molar refractivity (Wildman–Crippen MR) is 189 cm³/mol. The summed E-state index contributed by atoms with van der Waals surface area (Å²) in [6, 6.07) is 29.8. The van der Waals surface area contributed by atoms with Gasteiger partial charge in [0.15, 0.2) is 11.5 Å². The minimum Gasteiger partial charge on any atom is -0.497 e. The fourth-order valence-corrected chi connectivity index (χ4v) is 4.19. The summed E-state index contributed by atoms with van der Waals surface area (Å²) in [5.74, 6) is 2.41. The Bertz CT molecular complexity index is 1230. The molecule has 240 valence electrons. The van der Waals surface area contributed by atoms with E-state index in [0.29, 0.717) is 19.6 Å². The van der Waals surface area contributed by atoms with Gasteiger partial charge in [0.25, 0.3) is 0 Å². The summed E-state index contributed by atoms with van der Waals surface area (Å²) < 4.78 is 16.4. The Balaban J connectivity index is 0.000000295. The Morgan fingerprint density at radius 2 is 0.886 bits per heavy atom. The summed E-state index contributed by atoms with van der Waals surface area (Å²) in [6.07, 6.45) is 3.69. The van der Waals surface area contributed by atoms with Gasteiger partial charge in [-0.15, -0.1) is 0 Å². The first kappa shape index (κ1) is 38.9. The maximum Gasteiger partial charge on any atom is 0.160 e. The third kappa shape index (κ3) is 16.7. The van der Waals surface area contributed by atoms with E-state index >= 15 is 0 Å². The molecule has 4 rings (SSSR count). The van der Waals surface area contributed by atoms with Crippen LogP contribution in [0.2, 0.25) is 5.02 Å². The van der Waals surface area contributed by atoms with E-state index < -0.39 is 0 Å². The highest BCUT2D eigenvalue weighted by Crippen LogP contribution is 2.27. The molecule has 0 radical (unpaired) electrons. The van der Waals surface area contributed by atoms with E-state index in [9.17, 15) is 0 Å². The van der Waals surface area contributed by atoms with Crippen LogP contribution in [0.3, 0.4) is 0 Å². The molecule has 7 nitrogen and oxygen atoms in total. The van der Waals surface area contributed by atoms with Crippen molar-refractivity contribution in [2.75, 3.05) is 47.5 Å². The van der Waals surface area contributed by atoms with Gasteiger partial charge < -0.3 is 37.1 Å². The van der Waals surface area contributed by atoms with Crippen molar-refractivity contribution >= 4 is 27.5 Å². The number of hydrogen-bond acceptors (Lipinski definition) is 7. The van der Waals surface area contributed by atoms with Crippen molar-refractivity contribution in [3.63, 3.8) is 0 Å². The van der Waals surface area contributed by atoms with Crippen LogP contribution in [0.25, 0.3) is 0 Å². The summed E-state index contributed by atoms with van der Waals surface area (Å²) in [4.78, 5) is 0. The fourth-order valence-electron chi connectivity index (χ4n) is 3.80. The van der Waals surface area contributed by atoms with E-state index in [-0.39, 0.29) is 0 Å². The quantitative estimate of drug-likeness (QED) is 0.148. The van der Waals surface area contributed by atoms with Crippen LogP contribution in [0.5, 0.6) is 17.2 Å². The molecule has 8 N–H and O–H groups in total. The van der Waals surface area contributed by atoms with Crippen LogP contribution in [-0.2, 0) is 25.7 Å². The second-order valence-electron chi connectivity index (χ2n) is 9.45. The molecule has 0 aliphatic rings. The first-order valence-electron chi connectivity index (χ1n) is 14.5. The van der Waals surface area contributed by atoms with Crippen LogP contribution in [0.1, 0.15) is 22.3 Å². The van der Waals surface area contributed by atoms with Crippen LogP contribution >= 0.6 is 27.5 Å².